The molecule has 0 saturated carbocycles. The molecule has 1 rings (SSSR count). The highest BCUT2D eigenvalue weighted by Crippen LogP contribution is 2.21. The Morgan fingerprint density at radius 3 is 2.63 bits per heavy atom. The lowest BCUT2D eigenvalue weighted by atomic mass is 10.1. The molecule has 1 aromatic rings. The summed E-state index contributed by atoms with van der Waals surface area (Å²) in [4.78, 5) is 22.6. The molecule has 104 valence electrons. The van der Waals surface area contributed by atoms with E-state index in [9.17, 15) is 9.59 Å². The number of hydrogen-bond acceptors (Lipinski definition) is 3. The van der Waals surface area contributed by atoms with Gasteiger partial charge in [0.25, 0.3) is 0 Å². The fourth-order valence-corrected chi connectivity index (χ4v) is 1.90. The lowest BCUT2D eigenvalue weighted by Crippen LogP contribution is -2.44. The molecule has 0 bridgehead atoms. The van der Waals surface area contributed by atoms with Crippen molar-refractivity contribution in [2.45, 2.75) is 12.5 Å². The van der Waals surface area contributed by atoms with Crippen LogP contribution in [0.15, 0.2) is 18.2 Å². The lowest BCUT2D eigenvalue weighted by molar-refractivity contribution is -0.143. The molecule has 0 aliphatic heterocycles. The third kappa shape index (κ3) is 5.06. The zero-order valence-corrected chi connectivity index (χ0v) is 11.7. The van der Waals surface area contributed by atoms with Gasteiger partial charge < -0.3 is 15.2 Å². The molecule has 5 nitrogen and oxygen atoms in total. The Labute approximate surface area is 120 Å². The molecule has 0 spiro atoms. The maximum absolute atomic E-state index is 11.7. The summed E-state index contributed by atoms with van der Waals surface area (Å²) in [7, 11) is 1.36. The molecule has 19 heavy (non-hydrogen) atoms. The van der Waals surface area contributed by atoms with Gasteiger partial charge in [0.2, 0.25) is 5.91 Å². The summed E-state index contributed by atoms with van der Waals surface area (Å²) in [6.07, 6.45) is -0.0243. The Hall–Kier alpha value is -1.30. The predicted molar refractivity (Wildman–Crippen MR) is 71.6 cm³/mol. The van der Waals surface area contributed by atoms with Crippen LogP contribution >= 0.6 is 23.2 Å². The highest BCUT2D eigenvalue weighted by atomic mass is 35.5. The molecule has 1 unspecified atom stereocenters. The molecule has 1 aromatic carbocycles. The summed E-state index contributed by atoms with van der Waals surface area (Å²) in [5.41, 5.74) is 0.574. The Kier molecular flexibility index (Phi) is 6.08. The van der Waals surface area contributed by atoms with Crippen LogP contribution in [-0.4, -0.2) is 36.7 Å². The number of ether oxygens (including phenoxy) is 1. The van der Waals surface area contributed by atoms with Gasteiger partial charge in [-0.1, -0.05) is 29.3 Å². The first-order valence-corrected chi connectivity index (χ1v) is 6.14. The number of halogens is 2. The third-order valence-corrected chi connectivity index (χ3v) is 2.92. The zero-order valence-electron chi connectivity index (χ0n) is 10.2. The minimum absolute atomic E-state index is 0.0243. The van der Waals surface area contributed by atoms with Gasteiger partial charge in [-0.05, 0) is 17.7 Å². The Morgan fingerprint density at radius 2 is 2.11 bits per heavy atom. The second-order valence-electron chi connectivity index (χ2n) is 3.83. The molecule has 1 amide bonds. The van der Waals surface area contributed by atoms with Gasteiger partial charge in [-0.2, -0.15) is 0 Å². The minimum atomic E-state index is -1.16. The van der Waals surface area contributed by atoms with Gasteiger partial charge in [0.05, 0.1) is 13.0 Å². The van der Waals surface area contributed by atoms with Gasteiger partial charge in [0.1, 0.15) is 0 Å². The fraction of sp³-hybridized carbons (Fsp3) is 0.333. The van der Waals surface area contributed by atoms with E-state index in [1.54, 1.807) is 12.1 Å². The van der Waals surface area contributed by atoms with E-state index in [4.69, 9.17) is 33.0 Å². The number of benzene rings is 1. The molecule has 0 fully saturated rings. The zero-order chi connectivity index (χ0) is 14.4. The Morgan fingerprint density at radius 1 is 1.42 bits per heavy atom. The highest BCUT2D eigenvalue weighted by molar-refractivity contribution is 6.35. The van der Waals surface area contributed by atoms with Gasteiger partial charge in [-0.25, -0.2) is 4.79 Å². The third-order valence-electron chi connectivity index (χ3n) is 2.33. The van der Waals surface area contributed by atoms with E-state index in [-0.39, 0.29) is 13.0 Å². The van der Waals surface area contributed by atoms with Crippen LogP contribution in [0.3, 0.4) is 0 Å². The number of carbonyl (C=O) groups is 2. The molecule has 0 aliphatic carbocycles. The highest BCUT2D eigenvalue weighted by Gasteiger charge is 2.20. The number of carbonyl (C=O) groups excluding carboxylic acids is 1. The maximum Gasteiger partial charge on any atom is 0.328 e. The molecule has 0 saturated heterocycles. The molecule has 7 heteroatoms. The number of rotatable bonds is 6. The van der Waals surface area contributed by atoms with Crippen LogP contribution < -0.4 is 5.32 Å². The van der Waals surface area contributed by atoms with Crippen LogP contribution in [0.5, 0.6) is 0 Å². The smallest absolute Gasteiger partial charge is 0.328 e. The predicted octanol–water partition coefficient (Wildman–Crippen LogP) is 1.75. The molecule has 0 heterocycles. The van der Waals surface area contributed by atoms with E-state index in [1.807, 2.05) is 0 Å². The standard InChI is InChI=1S/C12H13Cl2NO4/c1-19-6-10(12(17)18)15-11(16)4-7-2-3-8(13)5-9(7)14/h2-3,5,10H,4,6H2,1H3,(H,15,16)(H,17,18). The van der Waals surface area contributed by atoms with Gasteiger partial charge in [0, 0.05) is 17.2 Å². The Balaban J connectivity index is 2.66. The minimum Gasteiger partial charge on any atom is -0.480 e. The van der Waals surface area contributed by atoms with Crippen molar-refractivity contribution in [3.8, 4) is 0 Å². The molecular weight excluding hydrogens is 293 g/mol. The SMILES string of the molecule is COCC(NC(=O)Cc1ccc(Cl)cc1Cl)C(=O)O. The largest absolute Gasteiger partial charge is 0.480 e. The number of carboxylic acids is 1. The number of amides is 1. The first kappa shape index (κ1) is 15.8. The van der Waals surface area contributed by atoms with E-state index in [0.717, 1.165) is 0 Å². The quantitative estimate of drug-likeness (QED) is 0.839. The van der Waals surface area contributed by atoms with Crippen LogP contribution in [0.2, 0.25) is 10.0 Å². The monoisotopic (exact) mass is 305 g/mol. The molecule has 1 atom stereocenters. The number of carboxylic acid groups (broad SMARTS) is 1. The number of aliphatic carboxylic acids is 1. The van der Waals surface area contributed by atoms with E-state index >= 15 is 0 Å². The van der Waals surface area contributed by atoms with E-state index in [0.29, 0.717) is 15.6 Å². The lowest BCUT2D eigenvalue weighted by Gasteiger charge is -2.13. The molecule has 0 aliphatic rings. The molecule has 2 N–H and O–H groups in total. The van der Waals surface area contributed by atoms with Crippen molar-refractivity contribution in [1.29, 1.82) is 0 Å². The van der Waals surface area contributed by atoms with Crippen LogP contribution in [0.4, 0.5) is 0 Å². The first-order chi connectivity index (χ1) is 8.93. The first-order valence-electron chi connectivity index (χ1n) is 5.39. The summed E-state index contributed by atoms with van der Waals surface area (Å²) in [5.74, 6) is -1.61. The van der Waals surface area contributed by atoms with Crippen LogP contribution in [0, 0.1) is 0 Å². The second-order valence-corrected chi connectivity index (χ2v) is 4.67. The van der Waals surface area contributed by atoms with Crippen molar-refractivity contribution >= 4 is 35.1 Å². The number of methoxy groups -OCH3 is 1. The molecular formula is C12H13Cl2NO4. The van der Waals surface area contributed by atoms with E-state index in [2.05, 4.69) is 5.32 Å². The second kappa shape index (κ2) is 7.33. The van der Waals surface area contributed by atoms with Gasteiger partial charge in [-0.3, -0.25) is 4.79 Å². The number of hydrogen-bond donors (Lipinski definition) is 2. The topological polar surface area (TPSA) is 75.6 Å². The molecule has 0 aromatic heterocycles. The van der Waals surface area contributed by atoms with E-state index in [1.165, 1.54) is 13.2 Å². The van der Waals surface area contributed by atoms with Gasteiger partial charge in [0.15, 0.2) is 6.04 Å². The summed E-state index contributed by atoms with van der Waals surface area (Å²) in [5, 5.41) is 12.1. The van der Waals surface area contributed by atoms with Gasteiger partial charge >= 0.3 is 5.97 Å². The summed E-state index contributed by atoms with van der Waals surface area (Å²) >= 11 is 11.7. The van der Waals surface area contributed by atoms with Crippen molar-refractivity contribution in [1.82, 2.24) is 5.32 Å². The van der Waals surface area contributed by atoms with Crippen LogP contribution in [0.25, 0.3) is 0 Å². The van der Waals surface area contributed by atoms with Crippen molar-refractivity contribution in [3.63, 3.8) is 0 Å². The van der Waals surface area contributed by atoms with Gasteiger partial charge in [-0.15, -0.1) is 0 Å². The molecule has 0 radical (unpaired) electrons. The van der Waals surface area contributed by atoms with Crippen molar-refractivity contribution < 1.29 is 19.4 Å². The summed E-state index contributed by atoms with van der Waals surface area (Å²) < 4.78 is 4.72. The summed E-state index contributed by atoms with van der Waals surface area (Å²) in [6.45, 7) is -0.102. The summed E-state index contributed by atoms with van der Waals surface area (Å²) in [6, 6.07) is 3.68. The number of nitrogens with one attached hydrogen (secondary N) is 1. The average Bonchev–Trinajstić information content (AvgIpc) is 2.32. The average molecular weight is 306 g/mol. The van der Waals surface area contributed by atoms with Crippen molar-refractivity contribution in [2.24, 2.45) is 0 Å². The van der Waals surface area contributed by atoms with E-state index < -0.39 is 17.9 Å². The van der Waals surface area contributed by atoms with Crippen molar-refractivity contribution in [3.05, 3.63) is 33.8 Å². The normalized spacial score (nSPS) is 11.9. The van der Waals surface area contributed by atoms with Crippen LogP contribution in [-0.2, 0) is 20.7 Å². The van der Waals surface area contributed by atoms with Crippen molar-refractivity contribution in [2.75, 3.05) is 13.7 Å². The Bertz CT molecular complexity index is 479. The maximum atomic E-state index is 11.7. The van der Waals surface area contributed by atoms with Crippen LogP contribution in [0.1, 0.15) is 5.56 Å². The fourth-order valence-electron chi connectivity index (χ4n) is 1.42.